The number of nitrogens with zero attached hydrogens (tertiary/aromatic N) is 1. The third-order valence-electron chi connectivity index (χ3n) is 2.82. The van der Waals surface area contributed by atoms with Crippen LogP contribution >= 0.6 is 11.8 Å². The van der Waals surface area contributed by atoms with Crippen LogP contribution in [0.1, 0.15) is 13.3 Å². The minimum Gasteiger partial charge on any atom is -0.326 e. The molecule has 7 heteroatoms. The zero-order valence-electron chi connectivity index (χ0n) is 10.6. The maximum absolute atomic E-state index is 12.2. The largest absolute Gasteiger partial charge is 0.326 e. The number of amides is 1. The van der Waals surface area contributed by atoms with Crippen molar-refractivity contribution in [2.75, 3.05) is 23.5 Å². The van der Waals surface area contributed by atoms with E-state index in [9.17, 15) is 13.2 Å². The highest BCUT2D eigenvalue weighted by molar-refractivity contribution is 8.00. The van der Waals surface area contributed by atoms with Crippen LogP contribution in [0.15, 0.2) is 29.2 Å². The molecule has 5 nitrogen and oxygen atoms in total. The summed E-state index contributed by atoms with van der Waals surface area (Å²) in [5.74, 6) is 1.26. The minimum absolute atomic E-state index is 0.0912. The third-order valence-corrected chi connectivity index (χ3v) is 5.81. The Morgan fingerprint density at radius 3 is 2.58 bits per heavy atom. The Balaban J connectivity index is 2.15. The molecule has 104 valence electrons. The predicted molar refractivity (Wildman–Crippen MR) is 76.6 cm³/mol. The van der Waals surface area contributed by atoms with E-state index in [-0.39, 0.29) is 10.8 Å². The average molecular weight is 300 g/mol. The van der Waals surface area contributed by atoms with Crippen LogP contribution in [0.5, 0.6) is 0 Å². The van der Waals surface area contributed by atoms with Gasteiger partial charge in [0, 0.05) is 24.4 Å². The molecular formula is C12H16N2O3S2. The molecule has 0 aromatic heterocycles. The van der Waals surface area contributed by atoms with E-state index in [2.05, 4.69) is 5.32 Å². The summed E-state index contributed by atoms with van der Waals surface area (Å²) in [7, 11) is -3.39. The number of hydrogen-bond acceptors (Lipinski definition) is 4. The van der Waals surface area contributed by atoms with Gasteiger partial charge >= 0.3 is 0 Å². The SMILES string of the molecule is CCC(=O)Nc1ccc(S(=O)(=O)N2CCSC2)cc1. The fourth-order valence-electron chi connectivity index (χ4n) is 1.70. The predicted octanol–water partition coefficient (Wildman–Crippen LogP) is 1.73. The molecule has 1 N–H and O–H groups in total. The molecule has 1 amide bonds. The van der Waals surface area contributed by atoms with Crippen molar-refractivity contribution in [1.82, 2.24) is 4.31 Å². The summed E-state index contributed by atoms with van der Waals surface area (Å²) in [5, 5.41) is 2.69. The first kappa shape index (κ1) is 14.4. The van der Waals surface area contributed by atoms with Crippen molar-refractivity contribution < 1.29 is 13.2 Å². The van der Waals surface area contributed by atoms with Gasteiger partial charge in [-0.3, -0.25) is 4.79 Å². The number of carbonyl (C=O) groups is 1. The molecule has 0 aliphatic carbocycles. The van der Waals surface area contributed by atoms with Gasteiger partial charge in [0.2, 0.25) is 15.9 Å². The van der Waals surface area contributed by atoms with E-state index in [1.807, 2.05) is 0 Å². The van der Waals surface area contributed by atoms with Crippen LogP contribution in [0.4, 0.5) is 5.69 Å². The smallest absolute Gasteiger partial charge is 0.243 e. The summed E-state index contributed by atoms with van der Waals surface area (Å²) in [6.07, 6.45) is 0.394. The Labute approximate surface area is 117 Å². The Hall–Kier alpha value is -1.05. The fourth-order valence-corrected chi connectivity index (χ4v) is 4.51. The zero-order valence-corrected chi connectivity index (χ0v) is 12.3. The van der Waals surface area contributed by atoms with Crippen LogP contribution in [-0.2, 0) is 14.8 Å². The number of benzene rings is 1. The van der Waals surface area contributed by atoms with Crippen LogP contribution in [-0.4, -0.2) is 36.8 Å². The molecule has 1 saturated heterocycles. The first-order chi connectivity index (χ1) is 9.04. The first-order valence-electron chi connectivity index (χ1n) is 6.02. The standard InChI is InChI=1S/C12H16N2O3S2/c1-2-12(15)13-10-3-5-11(6-4-10)19(16,17)14-7-8-18-9-14/h3-6H,2,7-9H2,1H3,(H,13,15). The van der Waals surface area contributed by atoms with Gasteiger partial charge in [0.1, 0.15) is 0 Å². The van der Waals surface area contributed by atoms with Gasteiger partial charge in [-0.05, 0) is 24.3 Å². The normalized spacial score (nSPS) is 16.5. The summed E-state index contributed by atoms with van der Waals surface area (Å²) in [5.41, 5.74) is 0.613. The van der Waals surface area contributed by atoms with Crippen molar-refractivity contribution >= 4 is 33.4 Å². The van der Waals surface area contributed by atoms with Crippen LogP contribution in [0, 0.1) is 0 Å². The summed E-state index contributed by atoms with van der Waals surface area (Å²) in [4.78, 5) is 11.5. The molecule has 0 spiro atoms. The number of thioether (sulfide) groups is 1. The molecule has 0 saturated carbocycles. The molecule has 0 radical (unpaired) electrons. The maximum atomic E-state index is 12.2. The lowest BCUT2D eigenvalue weighted by Crippen LogP contribution is -2.28. The van der Waals surface area contributed by atoms with E-state index in [0.29, 0.717) is 24.5 Å². The van der Waals surface area contributed by atoms with Gasteiger partial charge in [-0.25, -0.2) is 8.42 Å². The number of anilines is 1. The van der Waals surface area contributed by atoms with Gasteiger partial charge in [-0.15, -0.1) is 11.8 Å². The quantitative estimate of drug-likeness (QED) is 0.919. The summed E-state index contributed by atoms with van der Waals surface area (Å²) in [6.45, 7) is 2.32. The lowest BCUT2D eigenvalue weighted by molar-refractivity contribution is -0.115. The second kappa shape index (κ2) is 5.94. The Kier molecular flexibility index (Phi) is 4.49. The Morgan fingerprint density at radius 2 is 2.05 bits per heavy atom. The van der Waals surface area contributed by atoms with Crippen molar-refractivity contribution in [2.45, 2.75) is 18.2 Å². The van der Waals surface area contributed by atoms with E-state index in [1.54, 1.807) is 30.8 Å². The number of rotatable bonds is 4. The van der Waals surface area contributed by atoms with E-state index in [4.69, 9.17) is 0 Å². The molecule has 1 aliphatic rings. The highest BCUT2D eigenvalue weighted by Gasteiger charge is 2.27. The van der Waals surface area contributed by atoms with Crippen LogP contribution in [0.25, 0.3) is 0 Å². The Morgan fingerprint density at radius 1 is 1.37 bits per heavy atom. The number of nitrogens with one attached hydrogen (secondary N) is 1. The van der Waals surface area contributed by atoms with Gasteiger partial charge in [-0.1, -0.05) is 6.92 Å². The van der Waals surface area contributed by atoms with Crippen LogP contribution in [0.3, 0.4) is 0 Å². The van der Waals surface area contributed by atoms with Crippen molar-refractivity contribution in [3.05, 3.63) is 24.3 Å². The molecule has 19 heavy (non-hydrogen) atoms. The summed E-state index contributed by atoms with van der Waals surface area (Å²) >= 11 is 1.61. The van der Waals surface area contributed by atoms with E-state index < -0.39 is 10.0 Å². The lowest BCUT2D eigenvalue weighted by atomic mass is 10.3. The number of sulfonamides is 1. The van der Waals surface area contributed by atoms with Crippen LogP contribution < -0.4 is 5.32 Å². The first-order valence-corrected chi connectivity index (χ1v) is 8.61. The van der Waals surface area contributed by atoms with E-state index in [1.165, 1.54) is 16.4 Å². The molecule has 1 heterocycles. The van der Waals surface area contributed by atoms with Crippen molar-refractivity contribution in [2.24, 2.45) is 0 Å². The topological polar surface area (TPSA) is 66.5 Å². The van der Waals surface area contributed by atoms with Gasteiger partial charge < -0.3 is 5.32 Å². The second-order valence-electron chi connectivity index (χ2n) is 4.14. The average Bonchev–Trinajstić information content (AvgIpc) is 2.94. The van der Waals surface area contributed by atoms with E-state index in [0.717, 1.165) is 5.75 Å². The lowest BCUT2D eigenvalue weighted by Gasteiger charge is -2.15. The molecule has 0 bridgehead atoms. The highest BCUT2D eigenvalue weighted by Crippen LogP contribution is 2.24. The summed E-state index contributed by atoms with van der Waals surface area (Å²) < 4.78 is 26.0. The van der Waals surface area contributed by atoms with Crippen LogP contribution in [0.2, 0.25) is 0 Å². The molecule has 2 rings (SSSR count). The van der Waals surface area contributed by atoms with Gasteiger partial charge in [0.05, 0.1) is 10.8 Å². The fraction of sp³-hybridized carbons (Fsp3) is 0.417. The van der Waals surface area contributed by atoms with Gasteiger partial charge in [0.15, 0.2) is 0 Å². The maximum Gasteiger partial charge on any atom is 0.243 e. The highest BCUT2D eigenvalue weighted by atomic mass is 32.2. The zero-order chi connectivity index (χ0) is 13.9. The number of hydrogen-bond donors (Lipinski definition) is 1. The third kappa shape index (κ3) is 3.29. The molecule has 0 unspecified atom stereocenters. The van der Waals surface area contributed by atoms with Gasteiger partial charge in [-0.2, -0.15) is 4.31 Å². The van der Waals surface area contributed by atoms with Gasteiger partial charge in [0.25, 0.3) is 0 Å². The molecule has 0 atom stereocenters. The number of carbonyl (C=O) groups excluding carboxylic acids is 1. The minimum atomic E-state index is -3.39. The summed E-state index contributed by atoms with van der Waals surface area (Å²) in [6, 6.07) is 6.29. The van der Waals surface area contributed by atoms with Crippen molar-refractivity contribution in [3.63, 3.8) is 0 Å². The van der Waals surface area contributed by atoms with E-state index >= 15 is 0 Å². The Bertz CT molecular complexity index is 549. The molecule has 1 aromatic rings. The van der Waals surface area contributed by atoms with Crippen molar-refractivity contribution in [3.8, 4) is 0 Å². The molecule has 1 fully saturated rings. The molecule has 1 aromatic carbocycles. The molecule has 1 aliphatic heterocycles. The monoisotopic (exact) mass is 300 g/mol. The second-order valence-corrected chi connectivity index (χ2v) is 7.16. The molecular weight excluding hydrogens is 284 g/mol. The van der Waals surface area contributed by atoms with Crippen molar-refractivity contribution in [1.29, 1.82) is 0 Å².